The van der Waals surface area contributed by atoms with Gasteiger partial charge < -0.3 is 4.90 Å². The van der Waals surface area contributed by atoms with Crippen molar-refractivity contribution in [2.45, 2.75) is 31.7 Å². The number of likely N-dealkylation sites (tertiary alicyclic amines) is 1. The van der Waals surface area contributed by atoms with Crippen molar-refractivity contribution in [2.75, 3.05) is 18.0 Å². The van der Waals surface area contributed by atoms with Gasteiger partial charge in [0.25, 0.3) is 0 Å². The number of alkyl halides is 3. The van der Waals surface area contributed by atoms with Gasteiger partial charge in [-0.25, -0.2) is 0 Å². The average molecular weight is 471 g/mol. The van der Waals surface area contributed by atoms with Gasteiger partial charge in [0.05, 0.1) is 16.1 Å². The van der Waals surface area contributed by atoms with Crippen LogP contribution < -0.4 is 4.90 Å². The summed E-state index contributed by atoms with van der Waals surface area (Å²) in [6, 6.07) is 16.6. The van der Waals surface area contributed by atoms with Crippen LogP contribution in [0.3, 0.4) is 0 Å². The molecular weight excluding hydrogens is 449 g/mol. The van der Waals surface area contributed by atoms with Gasteiger partial charge in [0.15, 0.2) is 0 Å². The Morgan fingerprint density at radius 2 is 1.97 bits per heavy atom. The first kappa shape index (κ1) is 23.1. The molecule has 0 radical (unpaired) electrons. The summed E-state index contributed by atoms with van der Waals surface area (Å²) in [5.74, 6) is 0. The van der Waals surface area contributed by atoms with Crippen LogP contribution >= 0.6 is 11.6 Å². The lowest BCUT2D eigenvalue weighted by Crippen LogP contribution is -2.37. The SMILES string of the molecule is N#Cc1ccc(N(Cc2ccccc2C(F)(F)F)[C@H]2CCN(Cc3cccnc3)C2)cc1Cl. The minimum atomic E-state index is -4.44. The Balaban J connectivity index is 1.63. The maximum atomic E-state index is 13.7. The number of halogens is 4. The highest BCUT2D eigenvalue weighted by molar-refractivity contribution is 6.32. The van der Waals surface area contributed by atoms with E-state index in [2.05, 4.69) is 9.88 Å². The second-order valence-corrected chi connectivity index (χ2v) is 8.50. The summed E-state index contributed by atoms with van der Waals surface area (Å²) in [6.07, 6.45) is -0.0888. The van der Waals surface area contributed by atoms with Crippen LogP contribution in [0.15, 0.2) is 67.0 Å². The highest BCUT2D eigenvalue weighted by atomic mass is 35.5. The Kier molecular flexibility index (Phi) is 6.87. The zero-order valence-electron chi connectivity index (χ0n) is 17.8. The number of nitrogens with zero attached hydrogens (tertiary/aromatic N) is 4. The number of nitriles is 1. The maximum Gasteiger partial charge on any atom is 0.416 e. The molecule has 0 bridgehead atoms. The summed E-state index contributed by atoms with van der Waals surface area (Å²) in [5, 5.41) is 9.50. The minimum Gasteiger partial charge on any atom is -0.363 e. The molecule has 1 aromatic heterocycles. The van der Waals surface area contributed by atoms with Gasteiger partial charge in [-0.1, -0.05) is 35.9 Å². The first-order chi connectivity index (χ1) is 15.8. The molecule has 1 aliphatic heterocycles. The highest BCUT2D eigenvalue weighted by Crippen LogP contribution is 2.35. The molecular formula is C25H22ClF3N4. The summed E-state index contributed by atoms with van der Waals surface area (Å²) >= 11 is 6.28. The predicted octanol–water partition coefficient (Wildman–Crippen LogP) is 5.91. The molecule has 170 valence electrons. The standard InChI is InChI=1S/C25H22ClF3N4/c26-24-12-21(8-7-19(24)13-30)33(16-20-5-1-2-6-23(20)25(27,28)29)22-9-11-32(17-22)15-18-4-3-10-31-14-18/h1-8,10,12,14,22H,9,11,15-17H2/t22-/m0/s1. The Labute approximate surface area is 195 Å². The van der Waals surface area contributed by atoms with E-state index in [4.69, 9.17) is 11.6 Å². The van der Waals surface area contributed by atoms with Gasteiger partial charge in [0, 0.05) is 50.3 Å². The van der Waals surface area contributed by atoms with Crippen molar-refractivity contribution in [1.82, 2.24) is 9.88 Å². The Bertz CT molecular complexity index is 1140. The topological polar surface area (TPSA) is 43.2 Å². The smallest absolute Gasteiger partial charge is 0.363 e. The minimum absolute atomic E-state index is 0.00744. The first-order valence-electron chi connectivity index (χ1n) is 10.6. The molecule has 0 saturated carbocycles. The molecule has 0 unspecified atom stereocenters. The maximum absolute atomic E-state index is 13.7. The van der Waals surface area contributed by atoms with Crippen LogP contribution in [0.25, 0.3) is 0 Å². The van der Waals surface area contributed by atoms with Crippen molar-refractivity contribution >= 4 is 17.3 Å². The molecule has 0 N–H and O–H groups in total. The molecule has 1 aliphatic rings. The van der Waals surface area contributed by atoms with Crippen molar-refractivity contribution in [1.29, 1.82) is 5.26 Å². The van der Waals surface area contributed by atoms with Crippen LogP contribution in [0.4, 0.5) is 18.9 Å². The fourth-order valence-electron chi connectivity index (χ4n) is 4.28. The summed E-state index contributed by atoms with van der Waals surface area (Å²) in [4.78, 5) is 8.40. The number of hydrogen-bond donors (Lipinski definition) is 0. The molecule has 4 rings (SSSR count). The third-order valence-electron chi connectivity index (χ3n) is 5.89. The van der Waals surface area contributed by atoms with Crippen molar-refractivity contribution in [3.63, 3.8) is 0 Å². The number of rotatable bonds is 6. The van der Waals surface area contributed by atoms with E-state index in [1.54, 1.807) is 30.5 Å². The lowest BCUT2D eigenvalue weighted by molar-refractivity contribution is -0.138. The van der Waals surface area contributed by atoms with Crippen LogP contribution in [0.5, 0.6) is 0 Å². The molecule has 1 atom stereocenters. The van der Waals surface area contributed by atoms with E-state index in [1.807, 2.05) is 29.3 Å². The van der Waals surface area contributed by atoms with Crippen LogP contribution in [-0.4, -0.2) is 29.0 Å². The van der Waals surface area contributed by atoms with Crippen LogP contribution in [-0.2, 0) is 19.3 Å². The summed E-state index contributed by atoms with van der Waals surface area (Å²) < 4.78 is 41.0. The Morgan fingerprint density at radius 3 is 2.67 bits per heavy atom. The number of anilines is 1. The number of benzene rings is 2. The molecule has 0 amide bonds. The van der Waals surface area contributed by atoms with Gasteiger partial charge in [0.2, 0.25) is 0 Å². The fourth-order valence-corrected chi connectivity index (χ4v) is 4.50. The van der Waals surface area contributed by atoms with E-state index in [0.717, 1.165) is 31.1 Å². The zero-order chi connectivity index (χ0) is 23.4. The summed E-state index contributed by atoms with van der Waals surface area (Å²) in [6.45, 7) is 2.33. The molecule has 8 heteroatoms. The average Bonchev–Trinajstić information content (AvgIpc) is 3.25. The van der Waals surface area contributed by atoms with E-state index in [0.29, 0.717) is 17.8 Å². The van der Waals surface area contributed by atoms with Gasteiger partial charge in [-0.2, -0.15) is 18.4 Å². The van der Waals surface area contributed by atoms with Gasteiger partial charge in [-0.3, -0.25) is 9.88 Å². The predicted molar refractivity (Wildman–Crippen MR) is 122 cm³/mol. The first-order valence-corrected chi connectivity index (χ1v) is 11.0. The van der Waals surface area contributed by atoms with Crippen molar-refractivity contribution in [3.8, 4) is 6.07 Å². The third-order valence-corrected chi connectivity index (χ3v) is 6.20. The van der Waals surface area contributed by atoms with Gasteiger partial charge >= 0.3 is 6.18 Å². The van der Waals surface area contributed by atoms with Crippen LogP contribution in [0, 0.1) is 11.3 Å². The third kappa shape index (κ3) is 5.47. The van der Waals surface area contributed by atoms with Crippen molar-refractivity contribution in [3.05, 3.63) is 94.3 Å². The molecule has 2 aromatic carbocycles. The zero-order valence-corrected chi connectivity index (χ0v) is 18.5. The largest absolute Gasteiger partial charge is 0.416 e. The van der Waals surface area contributed by atoms with E-state index >= 15 is 0 Å². The lowest BCUT2D eigenvalue weighted by Gasteiger charge is -2.32. The molecule has 1 saturated heterocycles. The monoisotopic (exact) mass is 470 g/mol. The van der Waals surface area contributed by atoms with Crippen LogP contribution in [0.2, 0.25) is 5.02 Å². The Hall–Kier alpha value is -3.08. The summed E-state index contributed by atoms with van der Waals surface area (Å²) in [7, 11) is 0. The normalized spacial score (nSPS) is 16.5. The second kappa shape index (κ2) is 9.82. The number of pyridine rings is 1. The van der Waals surface area contributed by atoms with E-state index in [1.165, 1.54) is 12.1 Å². The van der Waals surface area contributed by atoms with Crippen LogP contribution in [0.1, 0.15) is 28.7 Å². The van der Waals surface area contributed by atoms with Crippen molar-refractivity contribution in [2.24, 2.45) is 0 Å². The number of aromatic nitrogens is 1. The summed E-state index contributed by atoms with van der Waals surface area (Å²) in [5.41, 5.74) is 1.69. The molecule has 33 heavy (non-hydrogen) atoms. The Morgan fingerprint density at radius 1 is 1.15 bits per heavy atom. The lowest BCUT2D eigenvalue weighted by atomic mass is 10.0. The van der Waals surface area contributed by atoms with Crippen molar-refractivity contribution < 1.29 is 13.2 Å². The van der Waals surface area contributed by atoms with E-state index < -0.39 is 11.7 Å². The van der Waals surface area contributed by atoms with Gasteiger partial charge in [-0.05, 0) is 47.9 Å². The molecule has 1 fully saturated rings. The van der Waals surface area contributed by atoms with E-state index in [-0.39, 0.29) is 23.2 Å². The van der Waals surface area contributed by atoms with Gasteiger partial charge in [-0.15, -0.1) is 0 Å². The molecule has 3 aromatic rings. The molecule has 2 heterocycles. The van der Waals surface area contributed by atoms with E-state index in [9.17, 15) is 18.4 Å². The highest BCUT2D eigenvalue weighted by Gasteiger charge is 2.35. The molecule has 4 nitrogen and oxygen atoms in total. The quantitative estimate of drug-likeness (QED) is 0.449. The second-order valence-electron chi connectivity index (χ2n) is 8.10. The molecule has 0 spiro atoms. The van der Waals surface area contributed by atoms with Gasteiger partial charge in [0.1, 0.15) is 6.07 Å². The molecule has 0 aliphatic carbocycles. The fraction of sp³-hybridized carbons (Fsp3) is 0.280. The number of hydrogen-bond acceptors (Lipinski definition) is 4.